The van der Waals surface area contributed by atoms with Crippen LogP contribution in [0.1, 0.15) is 15.2 Å². The predicted octanol–water partition coefficient (Wildman–Crippen LogP) is 3.20. The normalized spacial score (nSPS) is 10.1. The van der Waals surface area contributed by atoms with Crippen LogP contribution in [-0.2, 0) is 6.54 Å². The molecule has 0 bridgehead atoms. The maximum absolute atomic E-state index is 10.6. The van der Waals surface area contributed by atoms with Gasteiger partial charge in [-0.3, -0.25) is 4.79 Å². The maximum atomic E-state index is 10.6. The molecule has 0 spiro atoms. The summed E-state index contributed by atoms with van der Waals surface area (Å²) in [7, 11) is 2.03. The van der Waals surface area contributed by atoms with E-state index in [1.807, 2.05) is 36.7 Å². The van der Waals surface area contributed by atoms with Crippen molar-refractivity contribution in [1.82, 2.24) is 0 Å². The minimum Gasteiger partial charge on any atom is -0.370 e. The molecule has 0 N–H and O–H groups in total. The molecule has 0 aliphatic rings. The Morgan fingerprint density at radius 1 is 1.31 bits per heavy atom. The van der Waals surface area contributed by atoms with Gasteiger partial charge in [-0.25, -0.2) is 0 Å². The number of hydrogen-bond acceptors (Lipinski definition) is 3. The van der Waals surface area contributed by atoms with Gasteiger partial charge in [-0.2, -0.15) is 0 Å². The number of rotatable bonds is 4. The average Bonchev–Trinajstić information content (AvgIpc) is 2.79. The van der Waals surface area contributed by atoms with Crippen LogP contribution in [0.2, 0.25) is 0 Å². The standard InChI is InChI=1S/C13H13NOS/c1-14(8-11-5-3-2-4-6-11)12-7-13(9-15)16-10-12/h2-7,9-10H,8H2,1H3. The topological polar surface area (TPSA) is 20.3 Å². The fourth-order valence-corrected chi connectivity index (χ4v) is 2.30. The zero-order valence-electron chi connectivity index (χ0n) is 9.09. The van der Waals surface area contributed by atoms with Crippen molar-refractivity contribution in [2.24, 2.45) is 0 Å². The van der Waals surface area contributed by atoms with Crippen molar-refractivity contribution < 1.29 is 4.79 Å². The van der Waals surface area contributed by atoms with Gasteiger partial charge in [0.1, 0.15) is 0 Å². The van der Waals surface area contributed by atoms with Crippen molar-refractivity contribution in [2.75, 3.05) is 11.9 Å². The third-order valence-corrected chi connectivity index (χ3v) is 3.27. The molecule has 1 aromatic carbocycles. The van der Waals surface area contributed by atoms with E-state index in [0.29, 0.717) is 0 Å². The molecule has 2 aromatic rings. The molecule has 2 nitrogen and oxygen atoms in total. The SMILES string of the molecule is CN(Cc1ccccc1)c1csc(C=O)c1. The molecule has 0 unspecified atom stereocenters. The summed E-state index contributed by atoms with van der Waals surface area (Å²) in [5.74, 6) is 0. The Balaban J connectivity index is 2.08. The summed E-state index contributed by atoms with van der Waals surface area (Å²) in [6.45, 7) is 0.857. The second-order valence-electron chi connectivity index (χ2n) is 3.67. The molecule has 0 amide bonds. The zero-order valence-corrected chi connectivity index (χ0v) is 9.91. The van der Waals surface area contributed by atoms with Gasteiger partial charge in [0.2, 0.25) is 0 Å². The van der Waals surface area contributed by atoms with Crippen LogP contribution < -0.4 is 4.90 Å². The molecule has 1 aromatic heterocycles. The summed E-state index contributed by atoms with van der Waals surface area (Å²) in [6, 6.07) is 12.2. The lowest BCUT2D eigenvalue weighted by atomic mass is 10.2. The van der Waals surface area contributed by atoms with Crippen LogP contribution in [0.3, 0.4) is 0 Å². The van der Waals surface area contributed by atoms with Crippen molar-refractivity contribution in [3.8, 4) is 0 Å². The molecule has 0 radical (unpaired) electrons. The fourth-order valence-electron chi connectivity index (χ4n) is 1.55. The minimum atomic E-state index is 0.773. The summed E-state index contributed by atoms with van der Waals surface area (Å²) in [6.07, 6.45) is 0.893. The van der Waals surface area contributed by atoms with E-state index in [-0.39, 0.29) is 0 Å². The van der Waals surface area contributed by atoms with Crippen LogP contribution in [-0.4, -0.2) is 13.3 Å². The molecular weight excluding hydrogens is 218 g/mol. The van der Waals surface area contributed by atoms with Crippen molar-refractivity contribution in [3.05, 3.63) is 52.2 Å². The fraction of sp³-hybridized carbons (Fsp3) is 0.154. The number of carbonyl (C=O) groups is 1. The second kappa shape index (κ2) is 4.94. The van der Waals surface area contributed by atoms with E-state index in [1.165, 1.54) is 16.9 Å². The Kier molecular flexibility index (Phi) is 3.37. The molecule has 0 aliphatic carbocycles. The number of benzene rings is 1. The van der Waals surface area contributed by atoms with Gasteiger partial charge in [-0.05, 0) is 11.6 Å². The molecule has 0 aliphatic heterocycles. The summed E-state index contributed by atoms with van der Waals surface area (Å²) in [4.78, 5) is 13.5. The van der Waals surface area contributed by atoms with E-state index >= 15 is 0 Å². The highest BCUT2D eigenvalue weighted by Gasteiger charge is 2.04. The van der Waals surface area contributed by atoms with Crippen LogP contribution in [0.5, 0.6) is 0 Å². The molecule has 0 saturated heterocycles. The van der Waals surface area contributed by atoms with Crippen molar-refractivity contribution in [1.29, 1.82) is 0 Å². The van der Waals surface area contributed by atoms with E-state index in [9.17, 15) is 4.79 Å². The molecule has 0 saturated carbocycles. The smallest absolute Gasteiger partial charge is 0.160 e. The van der Waals surface area contributed by atoms with Gasteiger partial charge in [-0.15, -0.1) is 11.3 Å². The van der Waals surface area contributed by atoms with E-state index < -0.39 is 0 Å². The highest BCUT2D eigenvalue weighted by atomic mass is 32.1. The number of nitrogens with zero attached hydrogens (tertiary/aromatic N) is 1. The summed E-state index contributed by atoms with van der Waals surface area (Å²) in [5.41, 5.74) is 2.36. The third kappa shape index (κ3) is 2.49. The summed E-state index contributed by atoms with van der Waals surface area (Å²) in [5, 5.41) is 2.01. The predicted molar refractivity (Wildman–Crippen MR) is 68.3 cm³/mol. The Labute approximate surface area is 99.1 Å². The van der Waals surface area contributed by atoms with E-state index in [2.05, 4.69) is 17.0 Å². The Hall–Kier alpha value is -1.61. The largest absolute Gasteiger partial charge is 0.370 e. The molecule has 0 fully saturated rings. The van der Waals surface area contributed by atoms with E-state index in [0.717, 1.165) is 23.4 Å². The number of hydrogen-bond donors (Lipinski definition) is 0. The van der Waals surface area contributed by atoms with Crippen LogP contribution in [0.15, 0.2) is 41.8 Å². The van der Waals surface area contributed by atoms with Crippen LogP contribution in [0.25, 0.3) is 0 Å². The van der Waals surface area contributed by atoms with E-state index in [1.54, 1.807) is 0 Å². The second-order valence-corrected chi connectivity index (χ2v) is 4.61. The lowest BCUT2D eigenvalue weighted by Gasteiger charge is -2.17. The summed E-state index contributed by atoms with van der Waals surface area (Å²) >= 11 is 1.48. The summed E-state index contributed by atoms with van der Waals surface area (Å²) < 4.78 is 0. The van der Waals surface area contributed by atoms with Crippen LogP contribution in [0.4, 0.5) is 5.69 Å². The average molecular weight is 231 g/mol. The van der Waals surface area contributed by atoms with Crippen molar-refractivity contribution in [2.45, 2.75) is 6.54 Å². The number of carbonyl (C=O) groups excluding carboxylic acids is 1. The molecule has 82 valence electrons. The van der Waals surface area contributed by atoms with Gasteiger partial charge in [0.15, 0.2) is 6.29 Å². The first-order valence-corrected chi connectivity index (χ1v) is 5.96. The molecule has 0 atom stereocenters. The first-order valence-electron chi connectivity index (χ1n) is 5.08. The quantitative estimate of drug-likeness (QED) is 0.753. The van der Waals surface area contributed by atoms with Gasteiger partial charge in [0, 0.05) is 24.7 Å². The first kappa shape index (κ1) is 10.9. The third-order valence-electron chi connectivity index (χ3n) is 2.43. The van der Waals surface area contributed by atoms with Crippen molar-refractivity contribution >= 4 is 23.3 Å². The van der Waals surface area contributed by atoms with Gasteiger partial charge < -0.3 is 4.90 Å². The zero-order chi connectivity index (χ0) is 11.4. The number of aldehydes is 1. The molecule has 1 heterocycles. The Morgan fingerprint density at radius 2 is 2.06 bits per heavy atom. The van der Waals surface area contributed by atoms with Crippen LogP contribution >= 0.6 is 11.3 Å². The monoisotopic (exact) mass is 231 g/mol. The van der Waals surface area contributed by atoms with Crippen molar-refractivity contribution in [3.63, 3.8) is 0 Å². The van der Waals surface area contributed by atoms with Gasteiger partial charge in [0.25, 0.3) is 0 Å². The molecular formula is C13H13NOS. The number of thiophene rings is 1. The van der Waals surface area contributed by atoms with E-state index in [4.69, 9.17) is 0 Å². The maximum Gasteiger partial charge on any atom is 0.160 e. The first-order chi connectivity index (χ1) is 7.79. The Bertz CT molecular complexity index is 464. The minimum absolute atomic E-state index is 0.773. The highest BCUT2D eigenvalue weighted by molar-refractivity contribution is 7.12. The number of anilines is 1. The lowest BCUT2D eigenvalue weighted by molar-refractivity contribution is 0.112. The molecule has 2 rings (SSSR count). The van der Waals surface area contributed by atoms with Gasteiger partial charge in [0.05, 0.1) is 4.88 Å². The Morgan fingerprint density at radius 3 is 2.69 bits per heavy atom. The van der Waals surface area contributed by atoms with Crippen LogP contribution in [0, 0.1) is 0 Å². The molecule has 3 heteroatoms. The van der Waals surface area contributed by atoms with Gasteiger partial charge >= 0.3 is 0 Å². The molecule has 16 heavy (non-hydrogen) atoms. The lowest BCUT2D eigenvalue weighted by Crippen LogP contribution is -2.15. The highest BCUT2D eigenvalue weighted by Crippen LogP contribution is 2.22. The van der Waals surface area contributed by atoms with Gasteiger partial charge in [-0.1, -0.05) is 30.3 Å².